The summed E-state index contributed by atoms with van der Waals surface area (Å²) in [5.41, 5.74) is 2.54. The summed E-state index contributed by atoms with van der Waals surface area (Å²) in [5, 5.41) is 2.81. The second-order valence-corrected chi connectivity index (χ2v) is 9.37. The maximum atomic E-state index is 13.3. The van der Waals surface area contributed by atoms with Crippen LogP contribution in [0.4, 0.5) is 11.4 Å². The zero-order valence-electron chi connectivity index (χ0n) is 19.4. The van der Waals surface area contributed by atoms with E-state index in [-0.39, 0.29) is 24.8 Å². The lowest BCUT2D eigenvalue weighted by molar-refractivity contribution is -0.128. The molecule has 2 heterocycles. The fourth-order valence-electron chi connectivity index (χ4n) is 3.59. The number of anilines is 1. The molecule has 1 atom stereocenters. The Hall–Kier alpha value is -3.52. The molecular formula is C26H27N3O4S. The normalized spacial score (nSPS) is 16.9. The zero-order valence-corrected chi connectivity index (χ0v) is 20.2. The Bertz CT molecular complexity index is 1170. The topological polar surface area (TPSA) is 84.1 Å². The van der Waals surface area contributed by atoms with Crippen molar-refractivity contribution in [1.82, 2.24) is 4.90 Å². The number of amides is 2. The number of hydrogen-bond donors (Lipinski definition) is 1. The number of furan rings is 1. The summed E-state index contributed by atoms with van der Waals surface area (Å²) in [6, 6.07) is 18.7. The van der Waals surface area contributed by atoms with Gasteiger partial charge in [0.2, 0.25) is 11.8 Å². The minimum atomic E-state index is -0.585. The average molecular weight is 478 g/mol. The molecule has 0 aliphatic carbocycles. The minimum absolute atomic E-state index is 0.0154. The van der Waals surface area contributed by atoms with Gasteiger partial charge in [-0.2, -0.15) is 0 Å². The van der Waals surface area contributed by atoms with Gasteiger partial charge in [0.15, 0.2) is 5.17 Å². The van der Waals surface area contributed by atoms with Crippen LogP contribution in [0, 0.1) is 0 Å². The quantitative estimate of drug-likeness (QED) is 0.458. The van der Waals surface area contributed by atoms with Crippen LogP contribution in [0.1, 0.15) is 37.5 Å². The van der Waals surface area contributed by atoms with Gasteiger partial charge in [0.1, 0.15) is 16.8 Å². The van der Waals surface area contributed by atoms with Gasteiger partial charge in [0.05, 0.1) is 31.3 Å². The molecule has 3 aromatic rings. The first kappa shape index (κ1) is 23.6. The van der Waals surface area contributed by atoms with Crippen LogP contribution in [0.25, 0.3) is 0 Å². The predicted molar refractivity (Wildman–Crippen MR) is 135 cm³/mol. The number of rotatable bonds is 8. The van der Waals surface area contributed by atoms with E-state index in [0.29, 0.717) is 28.3 Å². The molecule has 1 aliphatic rings. The molecule has 1 saturated heterocycles. The zero-order chi connectivity index (χ0) is 24.1. The minimum Gasteiger partial charge on any atom is -0.495 e. The third kappa shape index (κ3) is 5.51. The Kier molecular flexibility index (Phi) is 7.37. The van der Waals surface area contributed by atoms with Crippen molar-refractivity contribution in [3.8, 4) is 5.75 Å². The Morgan fingerprint density at radius 1 is 1.15 bits per heavy atom. The summed E-state index contributed by atoms with van der Waals surface area (Å²) in [7, 11) is 1.55. The van der Waals surface area contributed by atoms with E-state index in [1.165, 1.54) is 17.3 Å². The lowest BCUT2D eigenvalue weighted by Crippen LogP contribution is -2.33. The molecule has 34 heavy (non-hydrogen) atoms. The average Bonchev–Trinajstić information content (AvgIpc) is 3.44. The summed E-state index contributed by atoms with van der Waals surface area (Å²) in [5.74, 6) is 1.19. The Labute approximate surface area is 203 Å². The van der Waals surface area contributed by atoms with Crippen molar-refractivity contribution in [1.29, 1.82) is 0 Å². The number of nitrogens with zero attached hydrogens (tertiary/aromatic N) is 2. The fourth-order valence-corrected chi connectivity index (χ4v) is 4.75. The highest BCUT2D eigenvalue weighted by molar-refractivity contribution is 8.15. The summed E-state index contributed by atoms with van der Waals surface area (Å²) < 4.78 is 10.7. The fraction of sp³-hybridized carbons (Fsp3) is 0.269. The molecule has 2 amide bonds. The van der Waals surface area contributed by atoms with E-state index in [2.05, 4.69) is 19.2 Å². The standard InChI is InChI=1S/C26H27N3O4S/c1-17(2)18-10-12-19(13-11-18)27-26-29(16-20-7-6-14-33-20)25(31)23(34-26)15-24(30)28-21-8-4-5-9-22(21)32-3/h4-14,17,23H,15-16H2,1-3H3,(H,28,30). The highest BCUT2D eigenvalue weighted by Gasteiger charge is 2.39. The molecule has 1 fully saturated rings. The van der Waals surface area contributed by atoms with Crippen LogP contribution in [-0.2, 0) is 16.1 Å². The molecule has 2 aromatic carbocycles. The predicted octanol–water partition coefficient (Wildman–Crippen LogP) is 5.57. The van der Waals surface area contributed by atoms with Crippen LogP contribution in [0.15, 0.2) is 76.3 Å². The van der Waals surface area contributed by atoms with Gasteiger partial charge in [-0.05, 0) is 47.9 Å². The van der Waals surface area contributed by atoms with E-state index in [9.17, 15) is 9.59 Å². The van der Waals surface area contributed by atoms with Gasteiger partial charge in [0.25, 0.3) is 0 Å². The van der Waals surface area contributed by atoms with Crippen molar-refractivity contribution in [2.45, 2.75) is 38.0 Å². The molecule has 1 aliphatic heterocycles. The van der Waals surface area contributed by atoms with Crippen molar-refractivity contribution in [3.63, 3.8) is 0 Å². The van der Waals surface area contributed by atoms with Gasteiger partial charge >= 0.3 is 0 Å². The Morgan fingerprint density at radius 3 is 2.59 bits per heavy atom. The number of ether oxygens (including phenoxy) is 1. The van der Waals surface area contributed by atoms with Gasteiger partial charge < -0.3 is 14.5 Å². The first-order valence-corrected chi connectivity index (χ1v) is 11.9. The van der Waals surface area contributed by atoms with E-state index >= 15 is 0 Å². The Balaban J connectivity index is 1.53. The van der Waals surface area contributed by atoms with Gasteiger partial charge in [-0.25, -0.2) is 4.99 Å². The second-order valence-electron chi connectivity index (χ2n) is 8.20. The largest absolute Gasteiger partial charge is 0.495 e. The number of methoxy groups -OCH3 is 1. The third-order valence-corrected chi connectivity index (χ3v) is 6.63. The molecule has 1 N–H and O–H groups in total. The van der Waals surface area contributed by atoms with Crippen molar-refractivity contribution < 1.29 is 18.7 Å². The lowest BCUT2D eigenvalue weighted by Gasteiger charge is -2.15. The number of aliphatic imine (C=N–C) groups is 1. The van der Waals surface area contributed by atoms with E-state index < -0.39 is 5.25 Å². The van der Waals surface area contributed by atoms with E-state index in [1.54, 1.807) is 36.5 Å². The summed E-state index contributed by atoms with van der Waals surface area (Å²) in [6.07, 6.45) is 1.59. The summed E-state index contributed by atoms with van der Waals surface area (Å²) in [4.78, 5) is 32.3. The van der Waals surface area contributed by atoms with Crippen LogP contribution in [-0.4, -0.2) is 34.2 Å². The molecule has 0 bridgehead atoms. The van der Waals surface area contributed by atoms with E-state index in [4.69, 9.17) is 14.1 Å². The first-order valence-electron chi connectivity index (χ1n) is 11.1. The lowest BCUT2D eigenvalue weighted by atomic mass is 10.0. The maximum absolute atomic E-state index is 13.3. The van der Waals surface area contributed by atoms with Crippen LogP contribution < -0.4 is 10.1 Å². The van der Waals surface area contributed by atoms with Crippen molar-refractivity contribution in [3.05, 3.63) is 78.3 Å². The van der Waals surface area contributed by atoms with Crippen LogP contribution in [0.2, 0.25) is 0 Å². The number of hydrogen-bond acceptors (Lipinski definition) is 6. The van der Waals surface area contributed by atoms with Gasteiger partial charge in [-0.1, -0.05) is 49.9 Å². The monoisotopic (exact) mass is 477 g/mol. The van der Waals surface area contributed by atoms with E-state index in [1.807, 2.05) is 42.5 Å². The van der Waals surface area contributed by atoms with Crippen LogP contribution in [0.3, 0.4) is 0 Å². The molecule has 0 spiro atoms. The number of nitrogens with one attached hydrogen (secondary N) is 1. The number of thioether (sulfide) groups is 1. The second kappa shape index (κ2) is 10.6. The van der Waals surface area contributed by atoms with E-state index in [0.717, 1.165) is 5.69 Å². The van der Waals surface area contributed by atoms with Crippen LogP contribution >= 0.6 is 11.8 Å². The number of benzene rings is 2. The van der Waals surface area contributed by atoms with Gasteiger partial charge in [-0.3, -0.25) is 14.5 Å². The number of amidine groups is 1. The SMILES string of the molecule is COc1ccccc1NC(=O)CC1SC(=Nc2ccc(C(C)C)cc2)N(Cc2ccco2)C1=O. The molecule has 7 nitrogen and oxygen atoms in total. The number of carbonyl (C=O) groups excluding carboxylic acids is 2. The molecule has 176 valence electrons. The molecular weight excluding hydrogens is 450 g/mol. The molecule has 0 saturated carbocycles. The molecule has 8 heteroatoms. The smallest absolute Gasteiger partial charge is 0.243 e. The van der Waals surface area contributed by atoms with Crippen LogP contribution in [0.5, 0.6) is 5.75 Å². The highest BCUT2D eigenvalue weighted by Crippen LogP contribution is 2.34. The highest BCUT2D eigenvalue weighted by atomic mass is 32.2. The van der Waals surface area contributed by atoms with Gasteiger partial charge in [-0.15, -0.1) is 0 Å². The summed E-state index contributed by atoms with van der Waals surface area (Å²) in [6.45, 7) is 4.53. The molecule has 0 radical (unpaired) electrons. The first-order chi connectivity index (χ1) is 16.4. The summed E-state index contributed by atoms with van der Waals surface area (Å²) >= 11 is 1.30. The van der Waals surface area contributed by atoms with Crippen molar-refractivity contribution in [2.24, 2.45) is 4.99 Å². The molecule has 1 aromatic heterocycles. The maximum Gasteiger partial charge on any atom is 0.243 e. The van der Waals surface area contributed by atoms with Crippen molar-refractivity contribution in [2.75, 3.05) is 12.4 Å². The number of carbonyl (C=O) groups is 2. The van der Waals surface area contributed by atoms with Crippen molar-refractivity contribution >= 4 is 40.1 Å². The Morgan fingerprint density at radius 2 is 1.91 bits per heavy atom. The molecule has 4 rings (SSSR count). The number of para-hydroxylation sites is 2. The third-order valence-electron chi connectivity index (χ3n) is 5.45. The molecule has 1 unspecified atom stereocenters. The van der Waals surface area contributed by atoms with Gasteiger partial charge in [0, 0.05) is 6.42 Å².